The van der Waals surface area contributed by atoms with Gasteiger partial charge in [-0.3, -0.25) is 24.3 Å². The molecular weight excluding hydrogens is 454 g/mol. The fourth-order valence-electron chi connectivity index (χ4n) is 5.24. The van der Waals surface area contributed by atoms with E-state index in [4.69, 9.17) is 4.99 Å². The SMILES string of the molecule is Cc1ccc2ncc(C3=C(C4=NC=CN5c6c(cccc64)CC5c4ncccn4)C(=O)NC3=O)n2c1. The first-order valence-electron chi connectivity index (χ1n) is 11.6. The molecule has 0 bridgehead atoms. The normalized spacial score (nSPS) is 18.5. The van der Waals surface area contributed by atoms with Crippen molar-refractivity contribution in [2.45, 2.75) is 19.4 Å². The number of hydrogen-bond acceptors (Lipinski definition) is 7. The van der Waals surface area contributed by atoms with Gasteiger partial charge in [0.15, 0.2) is 5.82 Å². The molecule has 0 saturated heterocycles. The van der Waals surface area contributed by atoms with Gasteiger partial charge in [-0.1, -0.05) is 24.3 Å². The maximum atomic E-state index is 13.2. The van der Waals surface area contributed by atoms with Crippen LogP contribution in [0.5, 0.6) is 0 Å². The minimum absolute atomic E-state index is 0.0950. The lowest BCUT2D eigenvalue weighted by Crippen LogP contribution is -2.25. The van der Waals surface area contributed by atoms with E-state index in [9.17, 15) is 9.59 Å². The van der Waals surface area contributed by atoms with Crippen LogP contribution in [-0.2, 0) is 16.0 Å². The van der Waals surface area contributed by atoms with Gasteiger partial charge in [-0.05, 0) is 30.2 Å². The maximum absolute atomic E-state index is 13.2. The number of imidazole rings is 1. The molecule has 1 unspecified atom stereocenters. The second-order valence-electron chi connectivity index (χ2n) is 8.93. The highest BCUT2D eigenvalue weighted by Crippen LogP contribution is 2.44. The molecular formula is C27H19N7O2. The van der Waals surface area contributed by atoms with Gasteiger partial charge >= 0.3 is 0 Å². The number of anilines is 1. The van der Waals surface area contributed by atoms with Gasteiger partial charge in [-0.15, -0.1) is 0 Å². The molecule has 3 aliphatic rings. The number of para-hydroxylation sites is 1. The predicted octanol–water partition coefficient (Wildman–Crippen LogP) is 2.92. The van der Waals surface area contributed by atoms with Crippen LogP contribution in [0.4, 0.5) is 5.69 Å². The smallest absolute Gasteiger partial charge is 0.261 e. The average Bonchev–Trinajstić information content (AvgIpc) is 3.50. The molecule has 9 heteroatoms. The number of pyridine rings is 1. The van der Waals surface area contributed by atoms with Crippen molar-refractivity contribution in [2.75, 3.05) is 4.90 Å². The number of nitrogens with one attached hydrogen (secondary N) is 1. The Kier molecular flexibility index (Phi) is 4.28. The van der Waals surface area contributed by atoms with Crippen molar-refractivity contribution >= 4 is 34.4 Å². The van der Waals surface area contributed by atoms with Crippen molar-refractivity contribution < 1.29 is 9.59 Å². The number of imide groups is 1. The largest absolute Gasteiger partial charge is 0.335 e. The molecule has 0 spiro atoms. The molecule has 0 saturated carbocycles. The summed E-state index contributed by atoms with van der Waals surface area (Å²) < 4.78 is 1.83. The molecule has 1 N–H and O–H groups in total. The van der Waals surface area contributed by atoms with Gasteiger partial charge in [0, 0.05) is 43.0 Å². The molecule has 2 amide bonds. The average molecular weight is 473 g/mol. The molecule has 7 rings (SSSR count). The Labute approximate surface area is 205 Å². The van der Waals surface area contributed by atoms with Crippen molar-refractivity contribution in [2.24, 2.45) is 4.99 Å². The van der Waals surface area contributed by atoms with Gasteiger partial charge in [-0.25, -0.2) is 15.0 Å². The summed E-state index contributed by atoms with van der Waals surface area (Å²) in [6, 6.07) is 11.5. The number of rotatable bonds is 3. The van der Waals surface area contributed by atoms with Crippen LogP contribution >= 0.6 is 0 Å². The molecule has 3 aromatic heterocycles. The van der Waals surface area contributed by atoms with Gasteiger partial charge in [0.05, 0.1) is 40.5 Å². The Hall–Kier alpha value is -4.92. The van der Waals surface area contributed by atoms with Gasteiger partial charge in [0.1, 0.15) is 5.65 Å². The van der Waals surface area contributed by atoms with E-state index >= 15 is 0 Å². The summed E-state index contributed by atoms with van der Waals surface area (Å²) in [5.74, 6) is -0.228. The quantitative estimate of drug-likeness (QED) is 0.459. The fraction of sp³-hybridized carbons (Fsp3) is 0.111. The van der Waals surface area contributed by atoms with E-state index in [-0.39, 0.29) is 17.2 Å². The molecule has 1 atom stereocenters. The summed E-state index contributed by atoms with van der Waals surface area (Å²) in [6.45, 7) is 1.97. The first-order chi connectivity index (χ1) is 17.6. The molecule has 0 fully saturated rings. The van der Waals surface area contributed by atoms with Gasteiger partial charge in [-0.2, -0.15) is 0 Å². The highest BCUT2D eigenvalue weighted by Gasteiger charge is 2.40. The number of amides is 2. The standard InChI is InChI=1S/C27H19N7O2/c1-15-6-7-20-31-13-19(34(20)14-15)21-22(27(36)32-26(21)35)23-17-5-2-4-16-12-18(25-29-8-3-9-30-25)33(24(16)17)11-10-28-23/h2-11,13-14,18H,12H2,1H3,(H,32,35,36). The topological polar surface area (TPSA) is 105 Å². The zero-order valence-corrected chi connectivity index (χ0v) is 19.2. The Bertz CT molecular complexity index is 1700. The first-order valence-corrected chi connectivity index (χ1v) is 11.6. The summed E-state index contributed by atoms with van der Waals surface area (Å²) in [6.07, 6.45) is 11.3. The Balaban J connectivity index is 1.43. The lowest BCUT2D eigenvalue weighted by Gasteiger charge is -2.23. The van der Waals surface area contributed by atoms with E-state index in [1.807, 2.05) is 48.0 Å². The molecule has 36 heavy (non-hydrogen) atoms. The van der Waals surface area contributed by atoms with Crippen LogP contribution in [0.2, 0.25) is 0 Å². The molecule has 0 radical (unpaired) electrons. The molecule has 0 aliphatic carbocycles. The van der Waals surface area contributed by atoms with E-state index in [0.717, 1.165) is 22.4 Å². The second kappa shape index (κ2) is 7.54. The van der Waals surface area contributed by atoms with Gasteiger partial charge in [0.25, 0.3) is 11.8 Å². The van der Waals surface area contributed by atoms with Crippen LogP contribution in [-0.4, -0.2) is 36.9 Å². The molecule has 4 aromatic rings. The minimum Gasteiger partial charge on any atom is -0.335 e. The van der Waals surface area contributed by atoms with Gasteiger partial charge < -0.3 is 4.90 Å². The van der Waals surface area contributed by atoms with Gasteiger partial charge in [0.2, 0.25) is 0 Å². The molecule has 1 aromatic carbocycles. The van der Waals surface area contributed by atoms with Crippen LogP contribution in [0.25, 0.3) is 11.2 Å². The summed E-state index contributed by atoms with van der Waals surface area (Å²) in [5.41, 5.74) is 6.00. The fourth-order valence-corrected chi connectivity index (χ4v) is 5.24. The Morgan fingerprint density at radius 3 is 2.67 bits per heavy atom. The molecule has 9 nitrogen and oxygen atoms in total. The van der Waals surface area contributed by atoms with Crippen LogP contribution < -0.4 is 10.2 Å². The second-order valence-corrected chi connectivity index (χ2v) is 8.93. The number of aliphatic imine (C=N–C) groups is 1. The lowest BCUT2D eigenvalue weighted by atomic mass is 9.94. The number of carbonyl (C=O) groups is 2. The van der Waals surface area contributed by atoms with E-state index in [0.29, 0.717) is 29.3 Å². The highest BCUT2D eigenvalue weighted by molar-refractivity contribution is 6.47. The number of benzene rings is 1. The third kappa shape index (κ3) is 2.89. The molecule has 6 heterocycles. The van der Waals surface area contributed by atoms with Crippen LogP contribution in [0, 0.1) is 6.92 Å². The zero-order valence-electron chi connectivity index (χ0n) is 19.2. The van der Waals surface area contributed by atoms with Crippen molar-refractivity contribution in [3.8, 4) is 0 Å². The van der Waals surface area contributed by atoms with Crippen LogP contribution in [0.15, 0.2) is 84.2 Å². The van der Waals surface area contributed by atoms with E-state index < -0.39 is 11.8 Å². The molecule has 174 valence electrons. The Morgan fingerprint density at radius 1 is 0.972 bits per heavy atom. The molecule has 3 aliphatic heterocycles. The number of aryl methyl sites for hydroxylation is 1. The van der Waals surface area contributed by atoms with E-state index in [1.165, 1.54) is 0 Å². The number of nitrogens with zero attached hydrogens (tertiary/aromatic N) is 6. The summed E-state index contributed by atoms with van der Waals surface area (Å²) >= 11 is 0. The maximum Gasteiger partial charge on any atom is 0.261 e. The lowest BCUT2D eigenvalue weighted by molar-refractivity contribution is -0.123. The number of aromatic nitrogens is 4. The third-order valence-corrected chi connectivity index (χ3v) is 6.77. The zero-order chi connectivity index (χ0) is 24.4. The van der Waals surface area contributed by atoms with Crippen molar-refractivity contribution in [3.63, 3.8) is 0 Å². The number of fused-ring (bicyclic) bond motifs is 1. The predicted molar refractivity (Wildman–Crippen MR) is 133 cm³/mol. The van der Waals surface area contributed by atoms with E-state index in [1.54, 1.807) is 30.9 Å². The van der Waals surface area contributed by atoms with Crippen LogP contribution in [0.3, 0.4) is 0 Å². The monoisotopic (exact) mass is 473 g/mol. The first kappa shape index (κ1) is 20.5. The van der Waals surface area contributed by atoms with Crippen molar-refractivity contribution in [3.05, 3.63) is 107 Å². The van der Waals surface area contributed by atoms with Crippen molar-refractivity contribution in [1.82, 2.24) is 24.7 Å². The highest BCUT2D eigenvalue weighted by atomic mass is 16.2. The van der Waals surface area contributed by atoms with Crippen LogP contribution in [0.1, 0.15) is 34.3 Å². The summed E-state index contributed by atoms with van der Waals surface area (Å²) in [7, 11) is 0. The summed E-state index contributed by atoms with van der Waals surface area (Å²) in [5, 5.41) is 2.48. The Morgan fingerprint density at radius 2 is 1.81 bits per heavy atom. The minimum atomic E-state index is -0.475. The number of hydrogen-bond donors (Lipinski definition) is 1. The number of carbonyl (C=O) groups excluding carboxylic acids is 2. The third-order valence-electron chi connectivity index (χ3n) is 6.77. The van der Waals surface area contributed by atoms with Crippen molar-refractivity contribution in [1.29, 1.82) is 0 Å². The van der Waals surface area contributed by atoms with E-state index in [2.05, 4.69) is 31.2 Å². The summed E-state index contributed by atoms with van der Waals surface area (Å²) in [4.78, 5) is 46.5.